The highest BCUT2D eigenvalue weighted by molar-refractivity contribution is 5.89. The smallest absolute Gasteiger partial charge is 0.155 e. The van der Waals surface area contributed by atoms with E-state index in [0.717, 1.165) is 19.5 Å². The molecule has 1 atom stereocenters. The molecule has 16 heavy (non-hydrogen) atoms. The zero-order chi connectivity index (χ0) is 12.8. The summed E-state index contributed by atoms with van der Waals surface area (Å²) in [6.07, 6.45) is 0.806. The van der Waals surface area contributed by atoms with Crippen LogP contribution in [0, 0.1) is 5.92 Å². The number of ketones is 1. The summed E-state index contributed by atoms with van der Waals surface area (Å²) >= 11 is 0. The molecule has 0 spiro atoms. The fourth-order valence-corrected chi connectivity index (χ4v) is 2.20. The van der Waals surface area contributed by atoms with Gasteiger partial charge in [-0.05, 0) is 33.4 Å². The van der Waals surface area contributed by atoms with Gasteiger partial charge in [0.2, 0.25) is 0 Å². The molecule has 0 aliphatic heterocycles. The Hall–Kier alpha value is -0.410. The number of carbonyl (C=O) groups excluding carboxylic acids is 1. The van der Waals surface area contributed by atoms with E-state index in [1.54, 1.807) is 7.11 Å². The minimum Gasteiger partial charge on any atom is -0.385 e. The molecule has 0 heterocycles. The van der Waals surface area contributed by atoms with Gasteiger partial charge in [0.25, 0.3) is 0 Å². The van der Waals surface area contributed by atoms with Crippen molar-refractivity contribution in [2.24, 2.45) is 5.92 Å². The number of hydrogen-bond acceptors (Lipinski definition) is 3. The van der Waals surface area contributed by atoms with Crippen LogP contribution < -0.4 is 0 Å². The molecule has 0 rings (SSSR count). The number of methoxy groups -OCH3 is 1. The molecule has 0 aliphatic rings. The van der Waals surface area contributed by atoms with Crippen LogP contribution in [-0.2, 0) is 9.53 Å². The van der Waals surface area contributed by atoms with Crippen LogP contribution in [0.2, 0.25) is 0 Å². The second-order valence-electron chi connectivity index (χ2n) is 4.78. The molecule has 0 amide bonds. The third-order valence-corrected chi connectivity index (χ3v) is 3.36. The van der Waals surface area contributed by atoms with Gasteiger partial charge in [-0.3, -0.25) is 9.69 Å². The van der Waals surface area contributed by atoms with Crippen molar-refractivity contribution in [1.29, 1.82) is 0 Å². The lowest BCUT2D eigenvalue weighted by Gasteiger charge is -2.37. The van der Waals surface area contributed by atoms with Gasteiger partial charge in [0.1, 0.15) is 0 Å². The Morgan fingerprint density at radius 1 is 1.31 bits per heavy atom. The molecule has 0 aromatic carbocycles. The van der Waals surface area contributed by atoms with Crippen LogP contribution in [-0.4, -0.2) is 43.0 Å². The van der Waals surface area contributed by atoms with Crippen LogP contribution in [0.3, 0.4) is 0 Å². The van der Waals surface area contributed by atoms with Gasteiger partial charge in [0.15, 0.2) is 5.78 Å². The molecule has 96 valence electrons. The van der Waals surface area contributed by atoms with E-state index in [9.17, 15) is 4.79 Å². The van der Waals surface area contributed by atoms with Crippen LogP contribution in [0.15, 0.2) is 0 Å². The quantitative estimate of drug-likeness (QED) is 0.640. The Morgan fingerprint density at radius 2 is 1.81 bits per heavy atom. The first-order valence-electron chi connectivity index (χ1n) is 6.20. The highest BCUT2D eigenvalue weighted by Gasteiger charge is 2.35. The Balaban J connectivity index is 4.54. The first-order chi connectivity index (χ1) is 7.41. The van der Waals surface area contributed by atoms with Crippen molar-refractivity contribution in [3.63, 3.8) is 0 Å². The van der Waals surface area contributed by atoms with Gasteiger partial charge < -0.3 is 4.74 Å². The maximum atomic E-state index is 12.3. The minimum atomic E-state index is -0.364. The zero-order valence-electron chi connectivity index (χ0n) is 11.7. The van der Waals surface area contributed by atoms with Crippen molar-refractivity contribution >= 4 is 5.78 Å². The van der Waals surface area contributed by atoms with Crippen LogP contribution in [0.4, 0.5) is 0 Å². The zero-order valence-corrected chi connectivity index (χ0v) is 11.7. The summed E-state index contributed by atoms with van der Waals surface area (Å²) in [7, 11) is 1.67. The number of hydrogen-bond donors (Lipinski definition) is 0. The maximum Gasteiger partial charge on any atom is 0.155 e. The Labute approximate surface area is 100 Å². The van der Waals surface area contributed by atoms with Crippen molar-refractivity contribution in [3.8, 4) is 0 Å². The molecule has 0 aromatic heterocycles. The fourth-order valence-electron chi connectivity index (χ4n) is 2.20. The normalized spacial score (nSPS) is 14.2. The van der Waals surface area contributed by atoms with Crippen LogP contribution in [0.1, 0.15) is 41.0 Å². The molecule has 1 unspecified atom stereocenters. The monoisotopic (exact) mass is 229 g/mol. The van der Waals surface area contributed by atoms with E-state index in [-0.39, 0.29) is 11.5 Å². The van der Waals surface area contributed by atoms with E-state index in [1.165, 1.54) is 0 Å². The lowest BCUT2D eigenvalue weighted by atomic mass is 9.86. The van der Waals surface area contributed by atoms with Gasteiger partial charge in [-0.1, -0.05) is 20.8 Å². The number of rotatable bonds is 8. The fraction of sp³-hybridized carbons (Fsp3) is 0.923. The molecule has 3 nitrogen and oxygen atoms in total. The van der Waals surface area contributed by atoms with Crippen molar-refractivity contribution in [1.82, 2.24) is 4.90 Å². The summed E-state index contributed by atoms with van der Waals surface area (Å²) < 4.78 is 5.02. The molecule has 0 fully saturated rings. The van der Waals surface area contributed by atoms with Crippen molar-refractivity contribution in [3.05, 3.63) is 0 Å². The topological polar surface area (TPSA) is 29.5 Å². The maximum absolute atomic E-state index is 12.3. The van der Waals surface area contributed by atoms with Crippen molar-refractivity contribution in [2.45, 2.75) is 46.6 Å². The van der Waals surface area contributed by atoms with Gasteiger partial charge in [-0.15, -0.1) is 0 Å². The van der Waals surface area contributed by atoms with Gasteiger partial charge in [-0.2, -0.15) is 0 Å². The summed E-state index contributed by atoms with van der Waals surface area (Å²) in [5, 5.41) is 0. The van der Waals surface area contributed by atoms with E-state index in [4.69, 9.17) is 4.74 Å². The third kappa shape index (κ3) is 3.87. The second-order valence-corrected chi connectivity index (χ2v) is 4.78. The van der Waals surface area contributed by atoms with Crippen LogP contribution in [0.5, 0.6) is 0 Å². The largest absolute Gasteiger partial charge is 0.385 e. The molecule has 3 heteroatoms. The van der Waals surface area contributed by atoms with Crippen LogP contribution >= 0.6 is 0 Å². The highest BCUT2D eigenvalue weighted by atomic mass is 16.5. The van der Waals surface area contributed by atoms with Gasteiger partial charge >= 0.3 is 0 Å². The second kappa shape index (κ2) is 7.02. The number of carbonyl (C=O) groups is 1. The van der Waals surface area contributed by atoms with E-state index in [0.29, 0.717) is 12.4 Å². The minimum absolute atomic E-state index is 0.0653. The van der Waals surface area contributed by atoms with Crippen molar-refractivity contribution in [2.75, 3.05) is 26.8 Å². The summed E-state index contributed by atoms with van der Waals surface area (Å²) in [5.41, 5.74) is -0.364. The summed E-state index contributed by atoms with van der Waals surface area (Å²) in [5.74, 6) is 0.379. The molecule has 0 saturated carbocycles. The number of nitrogens with zero attached hydrogens (tertiary/aromatic N) is 1. The number of likely N-dealkylation sites (N-methyl/N-ethyl adjacent to an activating group) is 1. The number of Topliss-reactive ketones (excluding diaryl/α,β-unsaturated/α-hetero) is 1. The molecule has 0 N–H and O–H groups in total. The van der Waals surface area contributed by atoms with E-state index in [1.807, 2.05) is 20.8 Å². The average Bonchev–Trinajstić information content (AvgIpc) is 2.26. The van der Waals surface area contributed by atoms with E-state index in [2.05, 4.69) is 18.7 Å². The molecule has 0 radical (unpaired) electrons. The molecule has 0 saturated heterocycles. The van der Waals surface area contributed by atoms with Gasteiger partial charge in [-0.25, -0.2) is 0 Å². The number of ether oxygens (including phenoxy) is 1. The third-order valence-electron chi connectivity index (χ3n) is 3.36. The molecule has 0 aromatic rings. The Bertz CT molecular complexity index is 210. The van der Waals surface area contributed by atoms with Crippen LogP contribution in [0.25, 0.3) is 0 Å². The van der Waals surface area contributed by atoms with Crippen molar-refractivity contribution < 1.29 is 9.53 Å². The summed E-state index contributed by atoms with van der Waals surface area (Å²) in [4.78, 5) is 14.5. The Kier molecular flexibility index (Phi) is 6.84. The summed E-state index contributed by atoms with van der Waals surface area (Å²) in [6.45, 7) is 12.7. The van der Waals surface area contributed by atoms with Gasteiger partial charge in [0, 0.05) is 19.6 Å². The SMILES string of the molecule is CCN(CC)C(C)(C)C(=O)C(C)CCOC. The predicted octanol–water partition coefficient (Wildman–Crippen LogP) is 2.35. The predicted molar refractivity (Wildman–Crippen MR) is 67.7 cm³/mol. The summed E-state index contributed by atoms with van der Waals surface area (Å²) in [6, 6.07) is 0. The average molecular weight is 229 g/mol. The molecule has 0 aliphatic carbocycles. The standard InChI is InChI=1S/C13H27NO2/c1-7-14(8-2)13(4,5)12(15)11(3)9-10-16-6/h11H,7-10H2,1-6H3. The lowest BCUT2D eigenvalue weighted by molar-refractivity contribution is -0.133. The van der Waals surface area contributed by atoms with E-state index >= 15 is 0 Å². The first kappa shape index (κ1) is 15.6. The first-order valence-corrected chi connectivity index (χ1v) is 6.20. The Morgan fingerprint density at radius 3 is 2.19 bits per heavy atom. The molecular weight excluding hydrogens is 202 g/mol. The molecule has 0 bridgehead atoms. The van der Waals surface area contributed by atoms with E-state index < -0.39 is 0 Å². The highest BCUT2D eigenvalue weighted by Crippen LogP contribution is 2.21. The van der Waals surface area contributed by atoms with Gasteiger partial charge in [0.05, 0.1) is 5.54 Å². The molecular formula is C13H27NO2. The lowest BCUT2D eigenvalue weighted by Crippen LogP contribution is -2.51.